The highest BCUT2D eigenvalue weighted by Gasteiger charge is 2.21. The van der Waals surface area contributed by atoms with Gasteiger partial charge < -0.3 is 54.2 Å². The molecule has 0 saturated heterocycles. The molecule has 0 aliphatic heterocycles. The van der Waals surface area contributed by atoms with E-state index < -0.39 is 0 Å². The molecule has 6 nitrogen and oxygen atoms in total. The molecule has 0 aliphatic rings. The first-order valence-electron chi connectivity index (χ1n) is 8.56. The third kappa shape index (κ3) is 13.6. The summed E-state index contributed by atoms with van der Waals surface area (Å²) in [4.78, 5) is 0. The fraction of sp³-hybridized carbons (Fsp3) is 1.00. The van der Waals surface area contributed by atoms with Crippen molar-refractivity contribution < 1.29 is 54.2 Å². The molecule has 0 aliphatic carbocycles. The zero-order valence-electron chi connectivity index (χ0n) is 15.3. The fourth-order valence-electron chi connectivity index (χ4n) is 2.98. The molecule has 150 valence electrons. The molecule has 0 atom stereocenters. The summed E-state index contributed by atoms with van der Waals surface area (Å²) in [6.07, 6.45) is 4.48. The van der Waals surface area contributed by atoms with Gasteiger partial charge in [-0.15, -0.1) is 0 Å². The molecule has 8 heteroatoms. The lowest BCUT2D eigenvalue weighted by Gasteiger charge is -2.34. The van der Waals surface area contributed by atoms with E-state index >= 15 is 0 Å². The van der Waals surface area contributed by atoms with E-state index in [0.29, 0.717) is 26.2 Å². The highest BCUT2D eigenvalue weighted by Crippen LogP contribution is 2.10. The summed E-state index contributed by atoms with van der Waals surface area (Å²) in [6.45, 7) is 5.41. The lowest BCUT2D eigenvalue weighted by molar-refractivity contribution is -0.911. The molecular weight excluding hydrogens is 355 g/mol. The van der Waals surface area contributed by atoms with Gasteiger partial charge in [0.1, 0.15) is 26.2 Å². The Morgan fingerprint density at radius 2 is 0.708 bits per heavy atom. The summed E-state index contributed by atoms with van der Waals surface area (Å²) in [6, 6.07) is 0. The Morgan fingerprint density at radius 3 is 0.917 bits per heavy atom. The molecule has 0 aromatic carbocycles. The Hall–Kier alpha value is 0.340. The van der Waals surface area contributed by atoms with Crippen LogP contribution in [0.2, 0.25) is 0 Å². The van der Waals surface area contributed by atoms with Crippen molar-refractivity contribution in [3.63, 3.8) is 0 Å². The molecule has 0 spiro atoms. The minimum atomic E-state index is 0. The van der Waals surface area contributed by atoms with Crippen molar-refractivity contribution in [1.29, 1.82) is 0 Å². The average Bonchev–Trinajstić information content (AvgIpc) is 2.44. The normalized spacial score (nSPS) is 11.8. The van der Waals surface area contributed by atoms with Crippen molar-refractivity contribution in [3.8, 4) is 0 Å². The number of halogens is 2. The maximum absolute atomic E-state index is 9.12. The second-order valence-electron chi connectivity index (χ2n) is 6.89. The molecule has 4 N–H and O–H groups in total. The van der Waals surface area contributed by atoms with Gasteiger partial charge in [-0.1, -0.05) is 0 Å². The minimum Gasteiger partial charge on any atom is -1.00 e. The smallest absolute Gasteiger partial charge is 0.102 e. The van der Waals surface area contributed by atoms with Crippen LogP contribution in [0, 0.1) is 0 Å². The van der Waals surface area contributed by atoms with Crippen LogP contribution in [0.3, 0.4) is 0 Å². The number of rotatable bonds is 15. The Morgan fingerprint density at radius 1 is 0.458 bits per heavy atom. The van der Waals surface area contributed by atoms with Crippen LogP contribution < -0.4 is 24.8 Å². The van der Waals surface area contributed by atoms with Crippen LogP contribution in [-0.4, -0.2) is 109 Å². The number of quaternary nitrogens is 2. The third-order valence-electron chi connectivity index (χ3n) is 4.71. The number of likely N-dealkylation sites (N-methyl/N-ethyl adjacent to an activating group) is 2. The average molecular weight is 393 g/mol. The molecule has 0 aromatic rings. The number of nitrogens with zero attached hydrogens (tertiary/aromatic N) is 2. The quantitative estimate of drug-likeness (QED) is 0.165. The zero-order chi connectivity index (χ0) is 16.9. The predicted molar refractivity (Wildman–Crippen MR) is 88.4 cm³/mol. The van der Waals surface area contributed by atoms with Crippen molar-refractivity contribution >= 4 is 0 Å². The first kappa shape index (κ1) is 29.1. The largest absolute Gasteiger partial charge is 1.00 e. The number of unbranched alkanes of at least 4 members (excludes halogenated alkanes) is 3. The lowest BCUT2D eigenvalue weighted by atomic mass is 10.1. The van der Waals surface area contributed by atoms with E-state index in [1.54, 1.807) is 0 Å². The van der Waals surface area contributed by atoms with Gasteiger partial charge in [-0.3, -0.25) is 0 Å². The van der Waals surface area contributed by atoms with E-state index in [0.717, 1.165) is 47.7 Å². The van der Waals surface area contributed by atoms with Gasteiger partial charge in [-0.2, -0.15) is 0 Å². The Labute approximate surface area is 160 Å². The first-order valence-corrected chi connectivity index (χ1v) is 8.56. The van der Waals surface area contributed by atoms with Crippen molar-refractivity contribution in [1.82, 2.24) is 0 Å². The molecular formula is C16H38Cl2N2O4. The van der Waals surface area contributed by atoms with Gasteiger partial charge in [-0.25, -0.2) is 0 Å². The van der Waals surface area contributed by atoms with E-state index in [-0.39, 0.29) is 51.2 Å². The third-order valence-corrected chi connectivity index (χ3v) is 4.71. The maximum atomic E-state index is 9.12. The van der Waals surface area contributed by atoms with Crippen molar-refractivity contribution in [2.45, 2.75) is 25.7 Å². The minimum absolute atomic E-state index is 0. The monoisotopic (exact) mass is 392 g/mol. The van der Waals surface area contributed by atoms with Gasteiger partial charge in [-0.05, 0) is 25.7 Å². The Bertz CT molecular complexity index is 236. The van der Waals surface area contributed by atoms with E-state index in [9.17, 15) is 0 Å². The molecule has 0 fully saturated rings. The van der Waals surface area contributed by atoms with Crippen molar-refractivity contribution in [3.05, 3.63) is 0 Å². The SMILES string of the molecule is C[N+](CCO)(CCO)CCCCCC[N+](C)(CCO)CCO.[Cl-].[Cl-]. The molecule has 0 unspecified atom stereocenters. The van der Waals surface area contributed by atoms with Crippen LogP contribution >= 0.6 is 0 Å². The van der Waals surface area contributed by atoms with E-state index in [4.69, 9.17) is 20.4 Å². The van der Waals surface area contributed by atoms with Gasteiger partial charge in [0.15, 0.2) is 0 Å². The predicted octanol–water partition coefficient (Wildman–Crippen LogP) is -6.58. The Kier molecular flexibility index (Phi) is 20.4. The fourth-order valence-corrected chi connectivity index (χ4v) is 2.98. The summed E-state index contributed by atoms with van der Waals surface area (Å²) >= 11 is 0. The van der Waals surface area contributed by atoms with Crippen LogP contribution in [0.25, 0.3) is 0 Å². The Balaban J connectivity index is -0.00000220. The molecule has 0 bridgehead atoms. The van der Waals surface area contributed by atoms with Crippen molar-refractivity contribution in [2.75, 3.05) is 79.8 Å². The molecule has 0 amide bonds. The van der Waals surface area contributed by atoms with Crippen LogP contribution in [0.15, 0.2) is 0 Å². The number of hydrogen-bond donors (Lipinski definition) is 4. The second-order valence-corrected chi connectivity index (χ2v) is 6.89. The number of aliphatic hydroxyl groups is 4. The summed E-state index contributed by atoms with van der Waals surface area (Å²) in [7, 11) is 4.17. The summed E-state index contributed by atoms with van der Waals surface area (Å²) in [5.41, 5.74) is 0. The molecule has 0 heterocycles. The number of hydrogen-bond acceptors (Lipinski definition) is 4. The zero-order valence-corrected chi connectivity index (χ0v) is 16.9. The highest BCUT2D eigenvalue weighted by molar-refractivity contribution is 4.47. The van der Waals surface area contributed by atoms with E-state index in [1.807, 2.05) is 0 Å². The van der Waals surface area contributed by atoms with Gasteiger partial charge >= 0.3 is 0 Å². The number of aliphatic hydroxyl groups excluding tert-OH is 4. The maximum Gasteiger partial charge on any atom is 0.102 e. The van der Waals surface area contributed by atoms with Gasteiger partial charge in [0, 0.05) is 0 Å². The lowest BCUT2D eigenvalue weighted by Crippen LogP contribution is -3.00. The van der Waals surface area contributed by atoms with E-state index in [2.05, 4.69) is 14.1 Å². The standard InChI is InChI=1S/C16H38N2O4.2ClH/c1-17(9-13-19,10-14-20)7-5-3-4-6-8-18(2,11-15-21)12-16-22;;/h19-22H,3-16H2,1-2H3;2*1H/q+2;;/p-2. The van der Waals surface area contributed by atoms with Crippen LogP contribution in [0.1, 0.15) is 25.7 Å². The van der Waals surface area contributed by atoms with Crippen LogP contribution in [-0.2, 0) is 0 Å². The van der Waals surface area contributed by atoms with E-state index in [1.165, 1.54) is 0 Å². The molecule has 0 rings (SSSR count). The summed E-state index contributed by atoms with van der Waals surface area (Å²) < 4.78 is 1.46. The highest BCUT2D eigenvalue weighted by atomic mass is 35.5. The van der Waals surface area contributed by atoms with Crippen molar-refractivity contribution in [2.24, 2.45) is 0 Å². The van der Waals surface area contributed by atoms with Gasteiger partial charge in [0.05, 0.1) is 53.6 Å². The first-order chi connectivity index (χ1) is 10.4. The van der Waals surface area contributed by atoms with Gasteiger partial charge in [0.25, 0.3) is 0 Å². The molecule has 24 heavy (non-hydrogen) atoms. The second kappa shape index (κ2) is 16.8. The molecule has 0 radical (unpaired) electrons. The van der Waals surface area contributed by atoms with Gasteiger partial charge in [0.2, 0.25) is 0 Å². The molecule has 0 saturated carbocycles. The topological polar surface area (TPSA) is 80.9 Å². The van der Waals surface area contributed by atoms with Crippen LogP contribution in [0.5, 0.6) is 0 Å². The summed E-state index contributed by atoms with van der Waals surface area (Å²) in [5, 5.41) is 36.5. The van der Waals surface area contributed by atoms with Crippen LogP contribution in [0.4, 0.5) is 0 Å². The molecule has 0 aromatic heterocycles. The summed E-state index contributed by atoms with van der Waals surface area (Å²) in [5.74, 6) is 0.